The van der Waals surface area contributed by atoms with Crippen molar-refractivity contribution >= 4 is 0 Å². The van der Waals surface area contributed by atoms with E-state index >= 15 is 0 Å². The normalized spacial score (nSPS) is 15.1. The lowest BCUT2D eigenvalue weighted by Crippen LogP contribution is -2.25. The Balaban J connectivity index is 3.80. The smallest absolute Gasteiger partial charge is 0.286 e. The molecule has 0 aromatic rings. The molecule has 0 aromatic heterocycles. The van der Waals surface area contributed by atoms with E-state index in [0.29, 0.717) is 0 Å². The SMILES string of the molecule is CCCCC(C)(CC)OC#N. The molecule has 1 unspecified atom stereocenters. The topological polar surface area (TPSA) is 33.0 Å². The van der Waals surface area contributed by atoms with Gasteiger partial charge in [-0.3, -0.25) is 0 Å². The van der Waals surface area contributed by atoms with Crippen LogP contribution in [0.5, 0.6) is 0 Å². The van der Waals surface area contributed by atoms with Crippen LogP contribution in [0.25, 0.3) is 0 Å². The van der Waals surface area contributed by atoms with Gasteiger partial charge in [0.15, 0.2) is 0 Å². The van der Waals surface area contributed by atoms with Crippen LogP contribution in [0.15, 0.2) is 0 Å². The molecule has 0 bridgehead atoms. The summed E-state index contributed by atoms with van der Waals surface area (Å²) in [6.45, 7) is 6.18. The Morgan fingerprint density at radius 3 is 2.45 bits per heavy atom. The first-order valence-corrected chi connectivity index (χ1v) is 4.25. The van der Waals surface area contributed by atoms with E-state index in [1.807, 2.05) is 13.8 Å². The number of unbranched alkanes of at least 4 members (excludes halogenated alkanes) is 1. The summed E-state index contributed by atoms with van der Waals surface area (Å²) in [5.74, 6) is 0. The Bertz CT molecular complexity index is 139. The molecule has 0 aliphatic carbocycles. The number of hydrogen-bond acceptors (Lipinski definition) is 2. The van der Waals surface area contributed by atoms with Gasteiger partial charge in [0, 0.05) is 0 Å². The van der Waals surface area contributed by atoms with Crippen molar-refractivity contribution in [2.24, 2.45) is 0 Å². The first kappa shape index (κ1) is 10.3. The van der Waals surface area contributed by atoms with E-state index in [1.54, 1.807) is 6.26 Å². The van der Waals surface area contributed by atoms with Crippen molar-refractivity contribution < 1.29 is 4.74 Å². The number of hydrogen-bond donors (Lipinski definition) is 0. The van der Waals surface area contributed by atoms with E-state index < -0.39 is 0 Å². The second-order valence-corrected chi connectivity index (χ2v) is 3.10. The average Bonchev–Trinajstić information content (AvgIpc) is 2.02. The molecule has 0 heterocycles. The van der Waals surface area contributed by atoms with Crippen LogP contribution in [0.1, 0.15) is 46.5 Å². The van der Waals surface area contributed by atoms with Crippen molar-refractivity contribution in [3.8, 4) is 6.26 Å². The summed E-state index contributed by atoms with van der Waals surface area (Å²) < 4.78 is 4.99. The first-order chi connectivity index (χ1) is 5.18. The Morgan fingerprint density at radius 1 is 1.45 bits per heavy atom. The van der Waals surface area contributed by atoms with E-state index in [0.717, 1.165) is 25.7 Å². The third-order valence-corrected chi connectivity index (χ3v) is 2.10. The molecule has 0 rings (SSSR count). The van der Waals surface area contributed by atoms with Gasteiger partial charge in [0.1, 0.15) is 5.60 Å². The van der Waals surface area contributed by atoms with Crippen molar-refractivity contribution in [3.05, 3.63) is 0 Å². The summed E-state index contributed by atoms with van der Waals surface area (Å²) >= 11 is 0. The van der Waals surface area contributed by atoms with E-state index in [4.69, 9.17) is 10.00 Å². The van der Waals surface area contributed by atoms with Gasteiger partial charge >= 0.3 is 0 Å². The van der Waals surface area contributed by atoms with Crippen LogP contribution in [0, 0.1) is 11.5 Å². The molecule has 0 saturated carbocycles. The maximum absolute atomic E-state index is 8.36. The maximum atomic E-state index is 8.36. The first-order valence-electron chi connectivity index (χ1n) is 4.25. The maximum Gasteiger partial charge on any atom is 0.286 e. The molecular formula is C9H17NO. The quantitative estimate of drug-likeness (QED) is 0.572. The summed E-state index contributed by atoms with van der Waals surface area (Å²) in [6, 6.07) is 0. The number of nitriles is 1. The van der Waals surface area contributed by atoms with Gasteiger partial charge in [-0.25, -0.2) is 0 Å². The number of nitrogens with zero attached hydrogens (tertiary/aromatic N) is 1. The predicted molar refractivity (Wildman–Crippen MR) is 44.9 cm³/mol. The Labute approximate surface area is 69.2 Å². The van der Waals surface area contributed by atoms with E-state index in [2.05, 4.69) is 6.92 Å². The second-order valence-electron chi connectivity index (χ2n) is 3.10. The molecule has 11 heavy (non-hydrogen) atoms. The zero-order valence-electron chi connectivity index (χ0n) is 7.68. The van der Waals surface area contributed by atoms with Gasteiger partial charge in [-0.2, -0.15) is 5.26 Å². The van der Waals surface area contributed by atoms with Crippen LogP contribution in [0.2, 0.25) is 0 Å². The Kier molecular flexibility index (Phi) is 4.69. The van der Waals surface area contributed by atoms with Crippen molar-refractivity contribution in [3.63, 3.8) is 0 Å². The average molecular weight is 155 g/mol. The molecule has 0 aliphatic rings. The molecule has 0 spiro atoms. The Hall–Kier alpha value is -0.710. The lowest BCUT2D eigenvalue weighted by Gasteiger charge is -2.24. The summed E-state index contributed by atoms with van der Waals surface area (Å²) in [6.07, 6.45) is 5.94. The van der Waals surface area contributed by atoms with Crippen LogP contribution in [-0.2, 0) is 4.74 Å². The zero-order chi connectivity index (χ0) is 8.74. The molecule has 0 fully saturated rings. The second kappa shape index (κ2) is 5.01. The van der Waals surface area contributed by atoms with E-state index in [-0.39, 0.29) is 5.60 Å². The minimum atomic E-state index is -0.217. The van der Waals surface area contributed by atoms with Crippen molar-refractivity contribution in [2.45, 2.75) is 52.1 Å². The van der Waals surface area contributed by atoms with Crippen LogP contribution in [-0.4, -0.2) is 5.60 Å². The van der Waals surface area contributed by atoms with Gasteiger partial charge in [-0.05, 0) is 26.2 Å². The predicted octanol–water partition coefficient (Wildman–Crippen LogP) is 2.84. The van der Waals surface area contributed by atoms with Crippen LogP contribution < -0.4 is 0 Å². The standard InChI is InChI=1S/C9H17NO/c1-4-6-7-9(3,5-2)11-8-10/h4-7H2,1-3H3. The van der Waals surface area contributed by atoms with Crippen LogP contribution >= 0.6 is 0 Å². The monoisotopic (exact) mass is 155 g/mol. The van der Waals surface area contributed by atoms with Crippen molar-refractivity contribution in [1.82, 2.24) is 0 Å². The van der Waals surface area contributed by atoms with Crippen LogP contribution in [0.4, 0.5) is 0 Å². The molecule has 0 aliphatic heterocycles. The minimum absolute atomic E-state index is 0.217. The highest BCUT2D eigenvalue weighted by atomic mass is 16.5. The Morgan fingerprint density at radius 2 is 2.09 bits per heavy atom. The van der Waals surface area contributed by atoms with Crippen LogP contribution in [0.3, 0.4) is 0 Å². The van der Waals surface area contributed by atoms with Crippen molar-refractivity contribution in [2.75, 3.05) is 0 Å². The highest BCUT2D eigenvalue weighted by Crippen LogP contribution is 2.21. The van der Waals surface area contributed by atoms with Gasteiger partial charge in [-0.1, -0.05) is 20.3 Å². The van der Waals surface area contributed by atoms with Gasteiger partial charge in [0.2, 0.25) is 0 Å². The third kappa shape index (κ3) is 3.87. The molecule has 0 aromatic carbocycles. The fourth-order valence-corrected chi connectivity index (χ4v) is 0.961. The highest BCUT2D eigenvalue weighted by molar-refractivity contribution is 4.76. The molecule has 0 saturated heterocycles. The lowest BCUT2D eigenvalue weighted by molar-refractivity contribution is 0.0387. The fourth-order valence-electron chi connectivity index (χ4n) is 0.961. The molecular weight excluding hydrogens is 138 g/mol. The van der Waals surface area contributed by atoms with Crippen molar-refractivity contribution in [1.29, 1.82) is 5.26 Å². The number of ether oxygens (including phenoxy) is 1. The molecule has 0 N–H and O–H groups in total. The summed E-state index contributed by atoms with van der Waals surface area (Å²) in [5.41, 5.74) is -0.217. The number of rotatable bonds is 5. The highest BCUT2D eigenvalue weighted by Gasteiger charge is 2.22. The zero-order valence-corrected chi connectivity index (χ0v) is 7.68. The van der Waals surface area contributed by atoms with E-state index in [1.165, 1.54) is 0 Å². The van der Waals surface area contributed by atoms with Gasteiger partial charge in [0.05, 0.1) is 0 Å². The molecule has 64 valence electrons. The molecule has 2 nitrogen and oxygen atoms in total. The van der Waals surface area contributed by atoms with Gasteiger partial charge in [0.25, 0.3) is 6.26 Å². The largest absolute Gasteiger partial charge is 0.421 e. The molecule has 0 radical (unpaired) electrons. The van der Waals surface area contributed by atoms with Gasteiger partial charge < -0.3 is 4.74 Å². The molecule has 1 atom stereocenters. The van der Waals surface area contributed by atoms with Gasteiger partial charge in [-0.15, -0.1) is 0 Å². The minimum Gasteiger partial charge on any atom is -0.421 e. The summed E-state index contributed by atoms with van der Waals surface area (Å²) in [7, 11) is 0. The van der Waals surface area contributed by atoms with E-state index in [9.17, 15) is 0 Å². The molecule has 0 amide bonds. The fraction of sp³-hybridized carbons (Fsp3) is 0.889. The third-order valence-electron chi connectivity index (χ3n) is 2.10. The summed E-state index contributed by atoms with van der Waals surface area (Å²) in [5, 5.41) is 8.36. The molecule has 2 heteroatoms. The lowest BCUT2D eigenvalue weighted by atomic mass is 9.96. The summed E-state index contributed by atoms with van der Waals surface area (Å²) in [4.78, 5) is 0.